The van der Waals surface area contributed by atoms with E-state index in [9.17, 15) is 0 Å². The highest BCUT2D eigenvalue weighted by molar-refractivity contribution is 9.09. The molecule has 4 heteroatoms. The quantitative estimate of drug-likeness (QED) is 0.423. The van der Waals surface area contributed by atoms with Crippen molar-refractivity contribution < 1.29 is 9.47 Å². The fraction of sp³-hybridized carbons (Fsp3) is 0.800. The molecular formula is C10H16Br2O2. The summed E-state index contributed by atoms with van der Waals surface area (Å²) < 4.78 is 11.5. The van der Waals surface area contributed by atoms with Crippen LogP contribution in [0.25, 0.3) is 0 Å². The van der Waals surface area contributed by atoms with Crippen molar-refractivity contribution in [2.45, 2.75) is 25.0 Å². The normalized spacial score (nSPS) is 19.9. The molecule has 0 radical (unpaired) electrons. The summed E-state index contributed by atoms with van der Waals surface area (Å²) in [6, 6.07) is 0. The van der Waals surface area contributed by atoms with Gasteiger partial charge in [-0.05, 0) is 18.9 Å². The maximum atomic E-state index is 5.75. The number of halogens is 2. The Labute approximate surface area is 102 Å². The van der Waals surface area contributed by atoms with Gasteiger partial charge >= 0.3 is 0 Å². The zero-order valence-corrected chi connectivity index (χ0v) is 11.3. The standard InChI is InChI=1S/C10H16Br2O2/c11-6-8-13-10(14-9-7-12)4-2-1-3-5-10/h2,4H,1,3,5-9H2. The molecule has 0 N–H and O–H groups in total. The number of hydrogen-bond acceptors (Lipinski definition) is 2. The highest BCUT2D eigenvalue weighted by Gasteiger charge is 2.29. The molecular weight excluding hydrogens is 312 g/mol. The Morgan fingerprint density at radius 2 is 1.79 bits per heavy atom. The first-order valence-electron chi connectivity index (χ1n) is 4.90. The van der Waals surface area contributed by atoms with Crippen molar-refractivity contribution in [3.05, 3.63) is 12.2 Å². The summed E-state index contributed by atoms with van der Waals surface area (Å²) in [4.78, 5) is 0. The van der Waals surface area contributed by atoms with E-state index in [0.29, 0.717) is 13.2 Å². The average molecular weight is 328 g/mol. The predicted molar refractivity (Wildman–Crippen MR) is 65.2 cm³/mol. The van der Waals surface area contributed by atoms with E-state index in [4.69, 9.17) is 9.47 Å². The van der Waals surface area contributed by atoms with Crippen molar-refractivity contribution in [1.82, 2.24) is 0 Å². The second kappa shape index (κ2) is 6.99. The number of allylic oxidation sites excluding steroid dienone is 1. The molecule has 0 unspecified atom stereocenters. The Hall–Kier alpha value is 0.620. The third-order valence-electron chi connectivity index (χ3n) is 2.11. The van der Waals surface area contributed by atoms with Crippen LogP contribution < -0.4 is 0 Å². The molecule has 0 heterocycles. The summed E-state index contributed by atoms with van der Waals surface area (Å²) >= 11 is 6.71. The zero-order valence-electron chi connectivity index (χ0n) is 8.18. The highest BCUT2D eigenvalue weighted by atomic mass is 79.9. The second-order valence-corrected chi connectivity index (χ2v) is 4.77. The van der Waals surface area contributed by atoms with E-state index in [2.05, 4.69) is 44.0 Å². The first kappa shape index (κ1) is 12.7. The summed E-state index contributed by atoms with van der Waals surface area (Å²) in [6.45, 7) is 1.37. The topological polar surface area (TPSA) is 18.5 Å². The van der Waals surface area contributed by atoms with Crippen LogP contribution in [0.2, 0.25) is 0 Å². The summed E-state index contributed by atoms with van der Waals surface area (Å²) in [5, 5.41) is 1.69. The second-order valence-electron chi connectivity index (χ2n) is 3.18. The lowest BCUT2D eigenvalue weighted by Gasteiger charge is -2.32. The SMILES string of the molecule is BrCCOC1(OCCBr)C=CCCC1. The molecule has 0 fully saturated rings. The van der Waals surface area contributed by atoms with Crippen LogP contribution in [0.3, 0.4) is 0 Å². The third kappa shape index (κ3) is 4.01. The monoisotopic (exact) mass is 326 g/mol. The maximum Gasteiger partial charge on any atom is 0.187 e. The van der Waals surface area contributed by atoms with Crippen LogP contribution in [0.1, 0.15) is 19.3 Å². The Bertz CT molecular complexity index is 175. The molecule has 82 valence electrons. The smallest absolute Gasteiger partial charge is 0.187 e. The van der Waals surface area contributed by atoms with Crippen LogP contribution in [-0.2, 0) is 9.47 Å². The maximum absolute atomic E-state index is 5.75. The summed E-state index contributed by atoms with van der Waals surface area (Å²) in [7, 11) is 0. The van der Waals surface area contributed by atoms with Crippen LogP contribution in [0.15, 0.2) is 12.2 Å². The lowest BCUT2D eigenvalue weighted by atomic mass is 10.0. The highest BCUT2D eigenvalue weighted by Crippen LogP contribution is 2.27. The Kier molecular flexibility index (Phi) is 6.33. The number of ether oxygens (including phenoxy) is 2. The Morgan fingerprint density at radius 3 is 2.21 bits per heavy atom. The van der Waals surface area contributed by atoms with Gasteiger partial charge in [0, 0.05) is 17.1 Å². The van der Waals surface area contributed by atoms with Crippen LogP contribution in [-0.4, -0.2) is 29.7 Å². The fourth-order valence-electron chi connectivity index (χ4n) is 1.52. The molecule has 14 heavy (non-hydrogen) atoms. The van der Waals surface area contributed by atoms with Gasteiger partial charge in [-0.25, -0.2) is 0 Å². The van der Waals surface area contributed by atoms with Gasteiger partial charge in [-0.3, -0.25) is 0 Å². The molecule has 0 spiro atoms. The lowest BCUT2D eigenvalue weighted by molar-refractivity contribution is -0.204. The Morgan fingerprint density at radius 1 is 1.14 bits per heavy atom. The largest absolute Gasteiger partial charge is 0.346 e. The molecule has 0 aromatic rings. The summed E-state index contributed by atoms with van der Waals surface area (Å²) in [5.41, 5.74) is 0. The van der Waals surface area contributed by atoms with Crippen LogP contribution in [0.4, 0.5) is 0 Å². The number of alkyl halides is 2. The fourth-order valence-corrected chi connectivity index (χ4v) is 1.84. The van der Waals surface area contributed by atoms with Crippen molar-refractivity contribution in [1.29, 1.82) is 0 Å². The number of rotatable bonds is 6. The molecule has 2 nitrogen and oxygen atoms in total. The minimum Gasteiger partial charge on any atom is -0.346 e. The van der Waals surface area contributed by atoms with Crippen molar-refractivity contribution >= 4 is 31.9 Å². The summed E-state index contributed by atoms with van der Waals surface area (Å²) in [6.07, 6.45) is 7.44. The van der Waals surface area contributed by atoms with Crippen LogP contribution >= 0.6 is 31.9 Å². The molecule has 0 amide bonds. The van der Waals surface area contributed by atoms with Gasteiger partial charge in [0.25, 0.3) is 0 Å². The molecule has 1 rings (SSSR count). The van der Waals surface area contributed by atoms with Crippen LogP contribution in [0, 0.1) is 0 Å². The number of hydrogen-bond donors (Lipinski definition) is 0. The van der Waals surface area contributed by atoms with Gasteiger partial charge in [-0.1, -0.05) is 37.9 Å². The van der Waals surface area contributed by atoms with Gasteiger partial charge in [0.15, 0.2) is 5.79 Å². The lowest BCUT2D eigenvalue weighted by Crippen LogP contribution is -2.36. The van der Waals surface area contributed by atoms with Crippen molar-refractivity contribution in [2.24, 2.45) is 0 Å². The van der Waals surface area contributed by atoms with Gasteiger partial charge in [0.05, 0.1) is 13.2 Å². The molecule has 0 aromatic heterocycles. The summed E-state index contributed by atoms with van der Waals surface area (Å²) in [5.74, 6) is -0.459. The van der Waals surface area contributed by atoms with Crippen LogP contribution in [0.5, 0.6) is 0 Å². The minimum atomic E-state index is -0.459. The van der Waals surface area contributed by atoms with Gasteiger partial charge in [0.2, 0.25) is 0 Å². The van der Waals surface area contributed by atoms with E-state index in [1.165, 1.54) is 0 Å². The first-order valence-corrected chi connectivity index (χ1v) is 7.15. The van der Waals surface area contributed by atoms with E-state index < -0.39 is 5.79 Å². The molecule has 0 bridgehead atoms. The predicted octanol–water partition coefficient (Wildman–Crippen LogP) is 3.25. The molecule has 1 aliphatic carbocycles. The van der Waals surface area contributed by atoms with E-state index in [-0.39, 0.29) is 0 Å². The van der Waals surface area contributed by atoms with E-state index >= 15 is 0 Å². The Balaban J connectivity index is 2.48. The third-order valence-corrected chi connectivity index (χ3v) is 2.76. The van der Waals surface area contributed by atoms with Gasteiger partial charge in [-0.15, -0.1) is 0 Å². The van der Waals surface area contributed by atoms with Gasteiger partial charge in [0.1, 0.15) is 0 Å². The molecule has 0 saturated carbocycles. The molecule has 0 atom stereocenters. The van der Waals surface area contributed by atoms with Crippen molar-refractivity contribution in [3.63, 3.8) is 0 Å². The average Bonchev–Trinajstić information content (AvgIpc) is 2.25. The van der Waals surface area contributed by atoms with Crippen molar-refractivity contribution in [2.75, 3.05) is 23.9 Å². The molecule has 1 aliphatic rings. The first-order chi connectivity index (χ1) is 6.83. The van der Waals surface area contributed by atoms with Gasteiger partial charge < -0.3 is 9.47 Å². The van der Waals surface area contributed by atoms with Crippen molar-refractivity contribution in [3.8, 4) is 0 Å². The van der Waals surface area contributed by atoms with E-state index in [1.807, 2.05) is 0 Å². The van der Waals surface area contributed by atoms with E-state index in [1.54, 1.807) is 0 Å². The molecule has 0 aliphatic heterocycles. The molecule has 0 saturated heterocycles. The minimum absolute atomic E-state index is 0.459. The molecule has 0 aromatic carbocycles. The zero-order chi connectivity index (χ0) is 10.3. The van der Waals surface area contributed by atoms with E-state index in [0.717, 1.165) is 29.9 Å². The van der Waals surface area contributed by atoms with Gasteiger partial charge in [-0.2, -0.15) is 0 Å².